The Labute approximate surface area is 178 Å². The zero-order chi connectivity index (χ0) is 20.4. The van der Waals surface area contributed by atoms with Gasteiger partial charge in [-0.1, -0.05) is 47.5 Å². The highest BCUT2D eigenvalue weighted by atomic mass is 79.9. The monoisotopic (exact) mass is 453 g/mol. The van der Waals surface area contributed by atoms with Crippen molar-refractivity contribution in [3.8, 4) is 0 Å². The number of nitrogens with zero attached hydrogens (tertiary/aromatic N) is 1. The normalized spacial score (nSPS) is 21.0. The predicted molar refractivity (Wildman–Crippen MR) is 118 cm³/mol. The number of H-pyrrole nitrogens is 1. The highest BCUT2D eigenvalue weighted by molar-refractivity contribution is 9.10. The SMILES string of the molecule is CC[C@]1(CCc2n[nH]c(=O)c3ccccc23)C[C@H](NC(=O)c2ccc(Br)cc2)C1. The standard InChI is InChI=1S/C23H24BrN3O2/c1-2-23(12-11-20-18-5-3-4-6-19(18)22(29)27-26-20)13-17(14-23)25-21(28)15-7-9-16(24)10-8-15/h3-10,17H,2,11-14H2,1H3,(H,25,28)(H,27,29)/t17-,23-. The highest BCUT2D eigenvalue weighted by Crippen LogP contribution is 2.47. The summed E-state index contributed by atoms with van der Waals surface area (Å²) < 4.78 is 0.964. The molecule has 1 heterocycles. The van der Waals surface area contributed by atoms with Crippen molar-refractivity contribution in [1.29, 1.82) is 0 Å². The summed E-state index contributed by atoms with van der Waals surface area (Å²) in [6.07, 6.45) is 4.84. The maximum atomic E-state index is 12.4. The van der Waals surface area contributed by atoms with E-state index in [2.05, 4.69) is 38.4 Å². The summed E-state index contributed by atoms with van der Waals surface area (Å²) in [5, 5.41) is 11.7. The van der Waals surface area contributed by atoms with Gasteiger partial charge in [-0.05, 0) is 61.4 Å². The molecule has 0 bridgehead atoms. The third-order valence-corrected chi connectivity index (χ3v) is 6.75. The first-order chi connectivity index (χ1) is 14.0. The molecule has 4 rings (SSSR count). The lowest BCUT2D eigenvalue weighted by atomic mass is 9.61. The van der Waals surface area contributed by atoms with Crippen LogP contribution in [-0.2, 0) is 6.42 Å². The molecule has 0 radical (unpaired) electrons. The lowest BCUT2D eigenvalue weighted by Crippen LogP contribution is -2.50. The second-order valence-corrected chi connectivity index (χ2v) is 8.90. The molecule has 1 aliphatic carbocycles. The first-order valence-corrected chi connectivity index (χ1v) is 10.8. The van der Waals surface area contributed by atoms with Gasteiger partial charge in [0.25, 0.3) is 11.5 Å². The molecule has 29 heavy (non-hydrogen) atoms. The molecule has 0 spiro atoms. The summed E-state index contributed by atoms with van der Waals surface area (Å²) in [4.78, 5) is 24.4. The maximum absolute atomic E-state index is 12.4. The van der Waals surface area contributed by atoms with Gasteiger partial charge in [0.2, 0.25) is 0 Å². The van der Waals surface area contributed by atoms with Gasteiger partial charge in [-0.2, -0.15) is 5.10 Å². The van der Waals surface area contributed by atoms with E-state index in [9.17, 15) is 9.59 Å². The van der Waals surface area contributed by atoms with E-state index in [0.717, 1.165) is 47.7 Å². The van der Waals surface area contributed by atoms with E-state index in [1.165, 1.54) is 0 Å². The topological polar surface area (TPSA) is 74.8 Å². The Morgan fingerprint density at radius 2 is 1.86 bits per heavy atom. The summed E-state index contributed by atoms with van der Waals surface area (Å²) in [6, 6.07) is 15.3. The molecule has 0 unspecified atom stereocenters. The van der Waals surface area contributed by atoms with Gasteiger partial charge < -0.3 is 5.32 Å². The van der Waals surface area contributed by atoms with Gasteiger partial charge in [0, 0.05) is 21.5 Å². The average molecular weight is 454 g/mol. The number of aryl methyl sites for hydroxylation is 1. The summed E-state index contributed by atoms with van der Waals surface area (Å²) in [6.45, 7) is 2.21. The van der Waals surface area contributed by atoms with Crippen LogP contribution in [0.3, 0.4) is 0 Å². The number of carbonyl (C=O) groups is 1. The zero-order valence-electron chi connectivity index (χ0n) is 16.4. The average Bonchev–Trinajstić information content (AvgIpc) is 2.71. The molecule has 150 valence electrons. The molecule has 1 saturated carbocycles. The van der Waals surface area contributed by atoms with Gasteiger partial charge in [0.15, 0.2) is 0 Å². The number of aromatic amines is 1. The highest BCUT2D eigenvalue weighted by Gasteiger charge is 2.43. The van der Waals surface area contributed by atoms with E-state index in [1.54, 1.807) is 0 Å². The number of rotatable bonds is 6. The Morgan fingerprint density at radius 1 is 1.17 bits per heavy atom. The van der Waals surface area contributed by atoms with Gasteiger partial charge >= 0.3 is 0 Å². The molecular formula is C23H24BrN3O2. The number of carbonyl (C=O) groups excluding carboxylic acids is 1. The molecular weight excluding hydrogens is 430 g/mol. The Kier molecular flexibility index (Phi) is 5.54. The van der Waals surface area contributed by atoms with Gasteiger partial charge in [-0.3, -0.25) is 9.59 Å². The molecule has 2 N–H and O–H groups in total. The number of aromatic nitrogens is 2. The number of amides is 1. The van der Waals surface area contributed by atoms with Crippen LogP contribution in [0.5, 0.6) is 0 Å². The van der Waals surface area contributed by atoms with Crippen LogP contribution in [0.1, 0.15) is 48.7 Å². The van der Waals surface area contributed by atoms with Crippen molar-refractivity contribution in [2.75, 3.05) is 0 Å². The van der Waals surface area contributed by atoms with Crippen LogP contribution in [0.15, 0.2) is 57.8 Å². The number of halogens is 1. The predicted octanol–water partition coefficient (Wildman–Crippen LogP) is 4.61. The van der Waals surface area contributed by atoms with Crippen LogP contribution in [0.4, 0.5) is 0 Å². The van der Waals surface area contributed by atoms with Crippen LogP contribution in [-0.4, -0.2) is 22.1 Å². The Bertz CT molecular complexity index is 1090. The van der Waals surface area contributed by atoms with Crippen LogP contribution >= 0.6 is 15.9 Å². The number of benzene rings is 2. The fraction of sp³-hybridized carbons (Fsp3) is 0.348. The molecule has 0 saturated heterocycles. The molecule has 3 aromatic rings. The fourth-order valence-corrected chi connectivity index (χ4v) is 4.64. The lowest BCUT2D eigenvalue weighted by molar-refractivity contribution is 0.0571. The van der Waals surface area contributed by atoms with Gasteiger partial charge in [-0.15, -0.1) is 0 Å². The number of hydrogen-bond acceptors (Lipinski definition) is 3. The van der Waals surface area contributed by atoms with Gasteiger partial charge in [0.05, 0.1) is 11.1 Å². The fourth-order valence-electron chi connectivity index (χ4n) is 4.37. The molecule has 0 atom stereocenters. The van der Waals surface area contributed by atoms with Crippen molar-refractivity contribution < 1.29 is 4.79 Å². The third-order valence-electron chi connectivity index (χ3n) is 6.22. The summed E-state index contributed by atoms with van der Waals surface area (Å²) in [5.41, 5.74) is 1.70. The quantitative estimate of drug-likeness (QED) is 0.572. The lowest BCUT2D eigenvalue weighted by Gasteiger charge is -2.48. The van der Waals surface area contributed by atoms with Crippen LogP contribution in [0, 0.1) is 5.41 Å². The van der Waals surface area contributed by atoms with Crippen LogP contribution in [0.25, 0.3) is 10.8 Å². The van der Waals surface area contributed by atoms with Gasteiger partial charge in [0.1, 0.15) is 0 Å². The van der Waals surface area contributed by atoms with Crippen molar-refractivity contribution >= 4 is 32.6 Å². The Morgan fingerprint density at radius 3 is 2.55 bits per heavy atom. The largest absolute Gasteiger partial charge is 0.349 e. The van der Waals surface area contributed by atoms with E-state index in [-0.39, 0.29) is 22.9 Å². The van der Waals surface area contributed by atoms with E-state index in [1.807, 2.05) is 48.5 Å². The van der Waals surface area contributed by atoms with Crippen LogP contribution in [0.2, 0.25) is 0 Å². The summed E-state index contributed by atoms with van der Waals surface area (Å²) in [5.74, 6) is -0.0134. The van der Waals surface area contributed by atoms with Crippen molar-refractivity contribution in [3.63, 3.8) is 0 Å². The Balaban J connectivity index is 1.38. The Hall–Kier alpha value is -2.47. The van der Waals surface area contributed by atoms with E-state index in [0.29, 0.717) is 10.9 Å². The van der Waals surface area contributed by atoms with Crippen molar-refractivity contribution in [1.82, 2.24) is 15.5 Å². The second kappa shape index (κ2) is 8.11. The van der Waals surface area contributed by atoms with Crippen molar-refractivity contribution in [2.24, 2.45) is 5.41 Å². The summed E-state index contributed by atoms with van der Waals surface area (Å²) in [7, 11) is 0. The molecule has 2 aromatic carbocycles. The zero-order valence-corrected chi connectivity index (χ0v) is 18.0. The minimum atomic E-state index is -0.145. The molecule has 1 aliphatic rings. The minimum absolute atomic E-state index is 0.0134. The van der Waals surface area contributed by atoms with Crippen molar-refractivity contribution in [3.05, 3.63) is 74.6 Å². The first-order valence-electron chi connectivity index (χ1n) is 10.0. The third kappa shape index (κ3) is 4.13. The van der Waals surface area contributed by atoms with E-state index >= 15 is 0 Å². The number of hydrogen-bond donors (Lipinski definition) is 2. The van der Waals surface area contributed by atoms with E-state index in [4.69, 9.17) is 0 Å². The number of nitrogens with one attached hydrogen (secondary N) is 2. The molecule has 1 amide bonds. The minimum Gasteiger partial charge on any atom is -0.349 e. The molecule has 0 aliphatic heterocycles. The summed E-state index contributed by atoms with van der Waals surface area (Å²) >= 11 is 3.39. The molecule has 1 fully saturated rings. The smallest absolute Gasteiger partial charge is 0.272 e. The number of fused-ring (bicyclic) bond motifs is 1. The van der Waals surface area contributed by atoms with Crippen molar-refractivity contribution in [2.45, 2.75) is 45.1 Å². The maximum Gasteiger partial charge on any atom is 0.272 e. The molecule has 1 aromatic heterocycles. The molecule has 5 nitrogen and oxygen atoms in total. The molecule has 6 heteroatoms. The van der Waals surface area contributed by atoms with Gasteiger partial charge in [-0.25, -0.2) is 5.10 Å². The first kappa shape index (κ1) is 19.8. The second-order valence-electron chi connectivity index (χ2n) is 7.98. The van der Waals surface area contributed by atoms with E-state index < -0.39 is 0 Å². The van der Waals surface area contributed by atoms with Crippen LogP contribution < -0.4 is 10.9 Å².